The Kier molecular flexibility index (Phi) is 11.8. The molecule has 0 amide bonds. The molecule has 0 aromatic carbocycles. The number of terminal acetylenes is 2. The van der Waals surface area contributed by atoms with Gasteiger partial charge in [-0.15, -0.1) is 12.8 Å². The van der Waals surface area contributed by atoms with Crippen LogP contribution in [-0.4, -0.2) is 10.7 Å². The quantitative estimate of drug-likeness (QED) is 0.464. The summed E-state index contributed by atoms with van der Waals surface area (Å²) in [6.07, 6.45) is 24.0. The van der Waals surface area contributed by atoms with E-state index in [1.54, 1.807) is 0 Å². The van der Waals surface area contributed by atoms with Crippen LogP contribution in [0.3, 0.4) is 0 Å². The highest BCUT2D eigenvalue weighted by Crippen LogP contribution is 2.11. The largest absolute Gasteiger partial charge is 0.357 e. The fourth-order valence-electron chi connectivity index (χ4n) is 2.01. The molecule has 110 valence electrons. The number of hydrogen-bond donors (Lipinski definition) is 1. The van der Waals surface area contributed by atoms with Crippen molar-refractivity contribution in [1.29, 1.82) is 0 Å². The van der Waals surface area contributed by atoms with Crippen LogP contribution in [0.15, 0.2) is 0 Å². The third-order valence-electron chi connectivity index (χ3n) is 3.34. The Bertz CT molecular complexity index is 355. The smallest absolute Gasteiger partial charge is 0.251 e. The van der Waals surface area contributed by atoms with E-state index in [4.69, 9.17) is 12.8 Å². The molecule has 0 aliphatic rings. The maximum Gasteiger partial charge on any atom is 0.251 e. The summed E-state index contributed by atoms with van der Waals surface area (Å²) in [5, 5.41) is 9.54. The lowest BCUT2D eigenvalue weighted by Gasteiger charge is -2.04. The first-order valence-corrected chi connectivity index (χ1v) is 7.86. The van der Waals surface area contributed by atoms with Crippen molar-refractivity contribution in [3.8, 4) is 36.5 Å². The van der Waals surface area contributed by atoms with Crippen LogP contribution in [0.1, 0.15) is 77.6 Å². The third kappa shape index (κ3) is 10.6. The number of aliphatic hydroxyl groups is 1. The molecule has 0 aromatic heterocycles. The van der Waals surface area contributed by atoms with Gasteiger partial charge in [0.05, 0.1) is 0 Å². The van der Waals surface area contributed by atoms with Gasteiger partial charge in [-0.1, -0.05) is 70.6 Å². The Morgan fingerprint density at radius 1 is 0.800 bits per heavy atom. The van der Waals surface area contributed by atoms with Gasteiger partial charge in [-0.25, -0.2) is 0 Å². The van der Waals surface area contributed by atoms with E-state index in [0.29, 0.717) is 0 Å². The molecule has 0 bridgehead atoms. The SMILES string of the molecule is C#CC(O)(C#C)C#CCCCCCCCCCCCC. The normalized spacial score (nSPS) is 10.2. The van der Waals surface area contributed by atoms with Crippen molar-refractivity contribution in [1.82, 2.24) is 0 Å². The molecule has 0 aliphatic carbocycles. The molecule has 1 heteroatoms. The Morgan fingerprint density at radius 2 is 1.25 bits per heavy atom. The molecule has 20 heavy (non-hydrogen) atoms. The summed E-state index contributed by atoms with van der Waals surface area (Å²) < 4.78 is 0. The molecule has 0 saturated heterocycles. The highest BCUT2D eigenvalue weighted by Gasteiger charge is 2.14. The number of unbranched alkanes of at least 4 members (excludes halogenated alkanes) is 10. The highest BCUT2D eigenvalue weighted by molar-refractivity contribution is 5.38. The fourth-order valence-corrected chi connectivity index (χ4v) is 2.01. The maximum absolute atomic E-state index is 9.54. The molecule has 1 nitrogen and oxygen atoms in total. The second-order valence-corrected chi connectivity index (χ2v) is 5.23. The van der Waals surface area contributed by atoms with Crippen LogP contribution in [0.2, 0.25) is 0 Å². The minimum absolute atomic E-state index is 0.752. The van der Waals surface area contributed by atoms with Gasteiger partial charge >= 0.3 is 0 Å². The Hall–Kier alpha value is -1.36. The molecule has 0 radical (unpaired) electrons. The van der Waals surface area contributed by atoms with Crippen molar-refractivity contribution in [2.45, 2.75) is 83.2 Å². The van der Waals surface area contributed by atoms with Crippen LogP contribution in [0.25, 0.3) is 0 Å². The van der Waals surface area contributed by atoms with Crippen molar-refractivity contribution in [3.05, 3.63) is 0 Å². The maximum atomic E-state index is 9.54. The average molecular weight is 272 g/mol. The fraction of sp³-hybridized carbons (Fsp3) is 0.684. The molecule has 0 atom stereocenters. The zero-order valence-corrected chi connectivity index (χ0v) is 12.9. The van der Waals surface area contributed by atoms with Gasteiger partial charge in [0, 0.05) is 6.42 Å². The summed E-state index contributed by atoms with van der Waals surface area (Å²) in [6.45, 7) is 2.25. The van der Waals surface area contributed by atoms with Gasteiger partial charge in [-0.3, -0.25) is 0 Å². The van der Waals surface area contributed by atoms with Crippen LogP contribution in [0, 0.1) is 36.5 Å². The molecule has 1 N–H and O–H groups in total. The molecule has 0 heterocycles. The molecule has 0 aromatic rings. The van der Waals surface area contributed by atoms with Gasteiger partial charge in [0.2, 0.25) is 0 Å². The van der Waals surface area contributed by atoms with Crippen LogP contribution < -0.4 is 0 Å². The first-order valence-electron chi connectivity index (χ1n) is 7.86. The Balaban J connectivity index is 3.41. The van der Waals surface area contributed by atoms with Crippen molar-refractivity contribution >= 4 is 0 Å². The van der Waals surface area contributed by atoms with Gasteiger partial charge in [0.25, 0.3) is 5.60 Å². The van der Waals surface area contributed by atoms with E-state index < -0.39 is 5.60 Å². The minimum Gasteiger partial charge on any atom is -0.357 e. The van der Waals surface area contributed by atoms with E-state index in [-0.39, 0.29) is 0 Å². The average Bonchev–Trinajstić information content (AvgIpc) is 2.48. The van der Waals surface area contributed by atoms with Gasteiger partial charge in [-0.05, 0) is 24.2 Å². The summed E-state index contributed by atoms with van der Waals surface area (Å²) in [6, 6.07) is 0. The van der Waals surface area contributed by atoms with E-state index in [0.717, 1.165) is 12.8 Å². The summed E-state index contributed by atoms with van der Waals surface area (Å²) in [4.78, 5) is 0. The van der Waals surface area contributed by atoms with E-state index in [2.05, 4.69) is 30.6 Å². The molecule has 0 aliphatic heterocycles. The van der Waals surface area contributed by atoms with E-state index >= 15 is 0 Å². The molecule has 0 spiro atoms. The molecular formula is C19H28O. The number of hydrogen-bond acceptors (Lipinski definition) is 1. The van der Waals surface area contributed by atoms with Crippen molar-refractivity contribution in [3.63, 3.8) is 0 Å². The highest BCUT2D eigenvalue weighted by atomic mass is 16.3. The first kappa shape index (κ1) is 18.6. The lowest BCUT2D eigenvalue weighted by Crippen LogP contribution is -2.20. The van der Waals surface area contributed by atoms with Gasteiger partial charge < -0.3 is 5.11 Å². The van der Waals surface area contributed by atoms with Crippen molar-refractivity contribution < 1.29 is 5.11 Å². The summed E-state index contributed by atoms with van der Waals surface area (Å²) in [5.74, 6) is 9.65. The molecule has 0 unspecified atom stereocenters. The zero-order chi connectivity index (χ0) is 15.1. The van der Waals surface area contributed by atoms with Crippen molar-refractivity contribution in [2.24, 2.45) is 0 Å². The lowest BCUT2D eigenvalue weighted by atomic mass is 10.1. The summed E-state index contributed by atoms with van der Waals surface area (Å²) >= 11 is 0. The van der Waals surface area contributed by atoms with Gasteiger partial charge in [0.1, 0.15) is 0 Å². The monoisotopic (exact) mass is 272 g/mol. The minimum atomic E-state index is -1.68. The predicted octanol–water partition coefficient (Wildman–Crippen LogP) is 4.30. The van der Waals surface area contributed by atoms with E-state index in [9.17, 15) is 5.11 Å². The van der Waals surface area contributed by atoms with E-state index in [1.807, 2.05) is 0 Å². The molecule has 0 saturated carbocycles. The molecule has 0 rings (SSSR count). The summed E-state index contributed by atoms with van der Waals surface area (Å²) in [5.41, 5.74) is -1.68. The van der Waals surface area contributed by atoms with Gasteiger partial charge in [-0.2, -0.15) is 0 Å². The second-order valence-electron chi connectivity index (χ2n) is 5.23. The van der Waals surface area contributed by atoms with E-state index in [1.165, 1.54) is 57.8 Å². The first-order chi connectivity index (χ1) is 9.68. The van der Waals surface area contributed by atoms with Crippen LogP contribution >= 0.6 is 0 Å². The van der Waals surface area contributed by atoms with Crippen LogP contribution in [-0.2, 0) is 0 Å². The van der Waals surface area contributed by atoms with Crippen LogP contribution in [0.4, 0.5) is 0 Å². The van der Waals surface area contributed by atoms with Crippen molar-refractivity contribution in [2.75, 3.05) is 0 Å². The lowest BCUT2D eigenvalue weighted by molar-refractivity contribution is 0.224. The Morgan fingerprint density at radius 3 is 1.70 bits per heavy atom. The third-order valence-corrected chi connectivity index (χ3v) is 3.34. The van der Waals surface area contributed by atoms with Gasteiger partial charge in [0.15, 0.2) is 0 Å². The summed E-state index contributed by atoms with van der Waals surface area (Å²) in [7, 11) is 0. The Labute approximate surface area is 125 Å². The molecular weight excluding hydrogens is 244 g/mol. The zero-order valence-electron chi connectivity index (χ0n) is 12.9. The predicted molar refractivity (Wildman–Crippen MR) is 86.9 cm³/mol. The van der Waals surface area contributed by atoms with Crippen LogP contribution in [0.5, 0.6) is 0 Å². The molecule has 0 fully saturated rings. The second kappa shape index (κ2) is 12.7. The topological polar surface area (TPSA) is 20.2 Å². The number of rotatable bonds is 10. The standard InChI is InChI=1S/C19H28O/c1-4-7-8-9-10-11-12-13-14-15-16-17-18-19(20,5-2)6-3/h2-3,20H,4,7-16H2,1H3.